The quantitative estimate of drug-likeness (QED) is 0.757. The molecule has 2 rings (SSSR count). The molecule has 1 N–H and O–H groups in total. The number of nitrogens with one attached hydrogen (secondary N) is 1. The largest absolute Gasteiger partial charge is 0.465 e. The third kappa shape index (κ3) is 5.54. The van der Waals surface area contributed by atoms with Gasteiger partial charge in [0.25, 0.3) is 0 Å². The van der Waals surface area contributed by atoms with E-state index in [1.54, 1.807) is 26.8 Å². The molecule has 0 saturated heterocycles. The average molecular weight is 412 g/mol. The van der Waals surface area contributed by atoms with Gasteiger partial charge in [0.1, 0.15) is 9.81 Å². The topological polar surface area (TPSA) is 98.8 Å². The third-order valence-corrected chi connectivity index (χ3v) is 6.60. The Morgan fingerprint density at radius 3 is 2.48 bits per heavy atom. The lowest BCUT2D eigenvalue weighted by Gasteiger charge is -2.19. The lowest BCUT2D eigenvalue weighted by atomic mass is 10.2. The lowest BCUT2D eigenvalue weighted by Crippen LogP contribution is -2.31. The molecule has 0 unspecified atom stereocenters. The smallest absolute Gasteiger partial charge is 0.407 e. The minimum absolute atomic E-state index is 0.00102. The van der Waals surface area contributed by atoms with Crippen molar-refractivity contribution < 1.29 is 27.5 Å². The van der Waals surface area contributed by atoms with Crippen molar-refractivity contribution in [2.24, 2.45) is 0 Å². The van der Waals surface area contributed by atoms with Crippen LogP contribution in [0, 0.1) is 0 Å². The average Bonchev–Trinajstić information content (AvgIpc) is 3.08. The van der Waals surface area contributed by atoms with Gasteiger partial charge < -0.3 is 14.8 Å². The van der Waals surface area contributed by atoms with E-state index in [-0.39, 0.29) is 21.2 Å². The Hall–Kier alpha value is -2.39. The fourth-order valence-corrected chi connectivity index (χ4v) is 4.84. The molecule has 0 atom stereocenters. The van der Waals surface area contributed by atoms with Gasteiger partial charge in [0.05, 0.1) is 24.1 Å². The van der Waals surface area contributed by atoms with Crippen LogP contribution in [0.15, 0.2) is 45.5 Å². The number of hydrogen-bond donors (Lipinski definition) is 1. The van der Waals surface area contributed by atoms with Gasteiger partial charge in [0, 0.05) is 4.88 Å². The molecule has 0 saturated carbocycles. The summed E-state index contributed by atoms with van der Waals surface area (Å²) >= 11 is 1.04. The molecule has 1 heterocycles. The summed E-state index contributed by atoms with van der Waals surface area (Å²) in [6.07, 6.45) is -0.578. The molecule has 0 spiro atoms. The number of ether oxygens (including phenoxy) is 2. The Bertz CT molecular complexity index is 941. The number of alkyl carbamates (subject to hydrolysis) is 1. The van der Waals surface area contributed by atoms with E-state index in [4.69, 9.17) is 4.74 Å². The molecule has 1 aromatic heterocycles. The van der Waals surface area contributed by atoms with Crippen LogP contribution in [-0.4, -0.2) is 33.2 Å². The van der Waals surface area contributed by atoms with Crippen molar-refractivity contribution in [2.75, 3.05) is 7.11 Å². The first-order valence-electron chi connectivity index (χ1n) is 8.02. The highest BCUT2D eigenvalue weighted by atomic mass is 32.2. The summed E-state index contributed by atoms with van der Waals surface area (Å²) in [4.78, 5) is 24.0. The predicted octanol–water partition coefficient (Wildman–Crippen LogP) is 3.39. The first-order chi connectivity index (χ1) is 12.5. The summed E-state index contributed by atoms with van der Waals surface area (Å²) in [5.74, 6) is -0.611. The highest BCUT2D eigenvalue weighted by molar-refractivity contribution is 7.93. The number of benzene rings is 1. The van der Waals surface area contributed by atoms with E-state index in [1.165, 1.54) is 37.4 Å². The van der Waals surface area contributed by atoms with Crippen LogP contribution < -0.4 is 5.32 Å². The van der Waals surface area contributed by atoms with Crippen LogP contribution in [0.25, 0.3) is 0 Å². The number of thiophene rings is 1. The number of esters is 1. The Morgan fingerprint density at radius 1 is 1.15 bits per heavy atom. The standard InChI is InChI=1S/C18H21NO6S2/c1-18(2,3)25-17(21)19-11-13-8-9-15(26-13)27(22,23)14-7-5-6-12(10-14)16(20)24-4/h5-10H,11H2,1-4H3,(H,19,21). The summed E-state index contributed by atoms with van der Waals surface area (Å²) < 4.78 is 35.4. The molecule has 0 radical (unpaired) electrons. The molecule has 1 amide bonds. The van der Waals surface area contributed by atoms with E-state index in [1.807, 2.05) is 0 Å². The highest BCUT2D eigenvalue weighted by Crippen LogP contribution is 2.28. The number of hydrogen-bond acceptors (Lipinski definition) is 7. The van der Waals surface area contributed by atoms with Gasteiger partial charge in [-0.15, -0.1) is 11.3 Å². The molecule has 146 valence electrons. The van der Waals surface area contributed by atoms with Gasteiger partial charge in [0.2, 0.25) is 9.84 Å². The fraction of sp³-hybridized carbons (Fsp3) is 0.333. The van der Waals surface area contributed by atoms with E-state index in [0.717, 1.165) is 11.3 Å². The van der Waals surface area contributed by atoms with Crippen molar-refractivity contribution >= 4 is 33.2 Å². The monoisotopic (exact) mass is 411 g/mol. The zero-order valence-electron chi connectivity index (χ0n) is 15.4. The Balaban J connectivity index is 2.15. The maximum atomic E-state index is 12.8. The maximum absolute atomic E-state index is 12.8. The van der Waals surface area contributed by atoms with Gasteiger partial charge in [-0.25, -0.2) is 18.0 Å². The van der Waals surface area contributed by atoms with E-state index in [0.29, 0.717) is 4.88 Å². The van der Waals surface area contributed by atoms with Gasteiger partial charge in [-0.1, -0.05) is 6.07 Å². The van der Waals surface area contributed by atoms with Crippen LogP contribution >= 0.6 is 11.3 Å². The second kappa shape index (κ2) is 8.10. The van der Waals surface area contributed by atoms with Gasteiger partial charge in [-0.3, -0.25) is 0 Å². The molecule has 27 heavy (non-hydrogen) atoms. The number of carbonyl (C=O) groups excluding carboxylic acids is 2. The molecule has 7 nitrogen and oxygen atoms in total. The number of methoxy groups -OCH3 is 1. The number of sulfone groups is 1. The van der Waals surface area contributed by atoms with Crippen LogP contribution in [0.3, 0.4) is 0 Å². The van der Waals surface area contributed by atoms with Crippen LogP contribution in [0.1, 0.15) is 36.0 Å². The molecule has 0 aliphatic heterocycles. The fourth-order valence-electron chi connectivity index (χ4n) is 2.10. The molecule has 2 aromatic rings. The van der Waals surface area contributed by atoms with Gasteiger partial charge >= 0.3 is 12.1 Å². The zero-order chi connectivity index (χ0) is 20.2. The van der Waals surface area contributed by atoms with Crippen molar-refractivity contribution in [3.63, 3.8) is 0 Å². The second-order valence-electron chi connectivity index (χ2n) is 6.60. The van der Waals surface area contributed by atoms with E-state index < -0.39 is 27.5 Å². The number of amides is 1. The van der Waals surface area contributed by atoms with Crippen molar-refractivity contribution in [3.8, 4) is 0 Å². The Kier molecular flexibility index (Phi) is 6.27. The molecule has 0 bridgehead atoms. The van der Waals surface area contributed by atoms with E-state index in [2.05, 4.69) is 10.1 Å². The minimum Gasteiger partial charge on any atom is -0.465 e. The summed E-state index contributed by atoms with van der Waals surface area (Å²) in [7, 11) is -2.55. The summed E-state index contributed by atoms with van der Waals surface area (Å²) in [5.41, 5.74) is -0.458. The zero-order valence-corrected chi connectivity index (χ0v) is 17.1. The molecular formula is C18H21NO6S2. The summed E-state index contributed by atoms with van der Waals surface area (Å²) in [6, 6.07) is 8.75. The van der Waals surface area contributed by atoms with Gasteiger partial charge in [-0.2, -0.15) is 0 Å². The van der Waals surface area contributed by atoms with Crippen molar-refractivity contribution in [3.05, 3.63) is 46.8 Å². The van der Waals surface area contributed by atoms with Crippen molar-refractivity contribution in [2.45, 2.75) is 42.0 Å². The minimum atomic E-state index is -3.78. The van der Waals surface area contributed by atoms with Crippen LogP contribution in [0.2, 0.25) is 0 Å². The number of carbonyl (C=O) groups is 2. The Morgan fingerprint density at radius 2 is 1.85 bits per heavy atom. The second-order valence-corrected chi connectivity index (χ2v) is 9.94. The SMILES string of the molecule is COC(=O)c1cccc(S(=O)(=O)c2ccc(CNC(=O)OC(C)(C)C)s2)c1. The molecule has 9 heteroatoms. The molecule has 0 aliphatic rings. The highest BCUT2D eigenvalue weighted by Gasteiger charge is 2.22. The number of rotatable bonds is 5. The molecule has 0 fully saturated rings. The van der Waals surface area contributed by atoms with Gasteiger partial charge in [-0.05, 0) is 51.1 Å². The molecular weight excluding hydrogens is 390 g/mol. The first-order valence-corrected chi connectivity index (χ1v) is 10.3. The Labute approximate surface area is 162 Å². The van der Waals surface area contributed by atoms with Crippen LogP contribution in [0.5, 0.6) is 0 Å². The normalized spacial score (nSPS) is 11.7. The third-order valence-electron chi connectivity index (χ3n) is 3.27. The molecule has 0 aliphatic carbocycles. The predicted molar refractivity (Wildman–Crippen MR) is 101 cm³/mol. The first kappa shape index (κ1) is 20.9. The van der Waals surface area contributed by atoms with Crippen LogP contribution in [-0.2, 0) is 25.9 Å². The van der Waals surface area contributed by atoms with Crippen LogP contribution in [0.4, 0.5) is 4.79 Å². The lowest BCUT2D eigenvalue weighted by molar-refractivity contribution is 0.0523. The van der Waals surface area contributed by atoms with E-state index in [9.17, 15) is 18.0 Å². The molecule has 1 aromatic carbocycles. The van der Waals surface area contributed by atoms with Crippen molar-refractivity contribution in [1.82, 2.24) is 5.32 Å². The van der Waals surface area contributed by atoms with Crippen molar-refractivity contribution in [1.29, 1.82) is 0 Å². The summed E-state index contributed by atoms with van der Waals surface area (Å²) in [6.45, 7) is 5.41. The van der Waals surface area contributed by atoms with Gasteiger partial charge in [0.15, 0.2) is 0 Å². The summed E-state index contributed by atoms with van der Waals surface area (Å²) in [5, 5.41) is 2.58. The maximum Gasteiger partial charge on any atom is 0.407 e. The van der Waals surface area contributed by atoms with E-state index >= 15 is 0 Å².